The third-order valence-corrected chi connectivity index (χ3v) is 6.10. The molecule has 0 saturated carbocycles. The van der Waals surface area contributed by atoms with E-state index in [0.29, 0.717) is 11.4 Å². The summed E-state index contributed by atoms with van der Waals surface area (Å²) < 4.78 is 38.0. The molecule has 0 unspecified atom stereocenters. The van der Waals surface area contributed by atoms with E-state index in [2.05, 4.69) is 20.9 Å². The molecule has 1 aliphatic rings. The van der Waals surface area contributed by atoms with Gasteiger partial charge >= 0.3 is 10.2 Å². The maximum absolute atomic E-state index is 13.2. The third-order valence-electron chi connectivity index (χ3n) is 4.33. The summed E-state index contributed by atoms with van der Waals surface area (Å²) in [4.78, 5) is 24.9. The molecule has 2 N–H and O–H groups in total. The summed E-state index contributed by atoms with van der Waals surface area (Å²) in [6.45, 7) is 2.34. The van der Waals surface area contributed by atoms with Gasteiger partial charge in [-0.1, -0.05) is 22.4 Å². The number of carbonyl (C=O) groups is 2. The van der Waals surface area contributed by atoms with Gasteiger partial charge in [0.25, 0.3) is 0 Å². The van der Waals surface area contributed by atoms with Crippen molar-refractivity contribution in [2.45, 2.75) is 13.8 Å². The lowest BCUT2D eigenvalue weighted by Crippen LogP contribution is -2.44. The van der Waals surface area contributed by atoms with E-state index in [9.17, 15) is 18.0 Å². The Kier molecular flexibility index (Phi) is 5.10. The highest BCUT2D eigenvalue weighted by Gasteiger charge is 2.42. The number of benzene rings is 1. The fourth-order valence-corrected chi connectivity index (χ4v) is 4.65. The Balaban J connectivity index is 1.54. The Hall–Kier alpha value is -3.87. The second-order valence-corrected chi connectivity index (χ2v) is 8.55. The van der Waals surface area contributed by atoms with Crippen LogP contribution in [0.25, 0.3) is 0 Å². The van der Waals surface area contributed by atoms with Gasteiger partial charge in [0, 0.05) is 12.1 Å². The van der Waals surface area contributed by atoms with E-state index in [1.807, 2.05) is 0 Å². The monoisotopic (exact) mass is 446 g/mol. The predicted octanol–water partition coefficient (Wildman–Crippen LogP) is 1.43. The highest BCUT2D eigenvalue weighted by Crippen LogP contribution is 2.40. The van der Waals surface area contributed by atoms with Crippen molar-refractivity contribution >= 4 is 45.2 Å². The van der Waals surface area contributed by atoms with Crippen LogP contribution in [-0.4, -0.2) is 43.6 Å². The second kappa shape index (κ2) is 7.75. The van der Waals surface area contributed by atoms with Crippen molar-refractivity contribution in [3.63, 3.8) is 0 Å². The number of carbonyl (C=O) groups excluding carboxylic acids is 2. The third kappa shape index (κ3) is 4.07. The molecule has 13 heteroatoms. The lowest BCUT2D eigenvalue weighted by atomic mass is 10.2. The van der Waals surface area contributed by atoms with Crippen LogP contribution in [0.15, 0.2) is 45.4 Å². The normalized spacial score (nSPS) is 14.4. The quantitative estimate of drug-likeness (QED) is 0.577. The lowest BCUT2D eigenvalue weighted by Gasteiger charge is -2.20. The molecule has 0 spiro atoms. The lowest BCUT2D eigenvalue weighted by molar-refractivity contribution is -0.115. The van der Waals surface area contributed by atoms with Crippen molar-refractivity contribution in [2.24, 2.45) is 0 Å². The van der Waals surface area contributed by atoms with Crippen LogP contribution >= 0.6 is 0 Å². The van der Waals surface area contributed by atoms with Crippen molar-refractivity contribution in [1.29, 1.82) is 0 Å². The van der Waals surface area contributed by atoms with Gasteiger partial charge in [0.1, 0.15) is 13.1 Å². The topological polar surface area (TPSA) is 151 Å². The summed E-state index contributed by atoms with van der Waals surface area (Å²) in [6, 6.07) is 9.39. The van der Waals surface area contributed by atoms with Gasteiger partial charge in [-0.3, -0.25) is 20.2 Å². The number of amides is 2. The molecule has 0 bridgehead atoms. The average molecular weight is 446 g/mol. The van der Waals surface area contributed by atoms with Crippen molar-refractivity contribution < 1.29 is 27.1 Å². The number of aryl methyl sites for hydroxylation is 2. The van der Waals surface area contributed by atoms with Gasteiger partial charge in [-0.15, -0.1) is 0 Å². The summed E-state index contributed by atoms with van der Waals surface area (Å²) in [5.74, 6) is -1.05. The highest BCUT2D eigenvalue weighted by molar-refractivity contribution is 7.94. The first-order valence-electron chi connectivity index (χ1n) is 9.10. The van der Waals surface area contributed by atoms with Gasteiger partial charge in [0.15, 0.2) is 0 Å². The molecule has 0 saturated heterocycles. The first-order valence-corrected chi connectivity index (χ1v) is 10.5. The zero-order chi connectivity index (χ0) is 22.2. The summed E-state index contributed by atoms with van der Waals surface area (Å²) in [5.41, 5.74) is 1.67. The van der Waals surface area contributed by atoms with Gasteiger partial charge in [-0.25, -0.2) is 8.61 Å². The van der Waals surface area contributed by atoms with Crippen molar-refractivity contribution in [2.75, 3.05) is 32.3 Å². The molecule has 162 valence electrons. The molecule has 2 aromatic heterocycles. The number of nitrogens with zero attached hydrogens (tertiary/aromatic N) is 4. The fraction of sp³-hybridized carbons (Fsp3) is 0.222. The molecule has 1 aliphatic heterocycles. The molecule has 2 amide bonds. The molecule has 0 atom stereocenters. The molecule has 4 rings (SSSR count). The summed E-state index contributed by atoms with van der Waals surface area (Å²) >= 11 is 0. The number of rotatable bonds is 6. The molecule has 1 aromatic carbocycles. The smallest absolute Gasteiger partial charge is 0.327 e. The summed E-state index contributed by atoms with van der Waals surface area (Å²) in [7, 11) is -4.20. The molecule has 0 fully saturated rings. The van der Waals surface area contributed by atoms with Gasteiger partial charge < -0.3 is 9.05 Å². The number of hydrogen-bond donors (Lipinski definition) is 2. The molecule has 3 heterocycles. The van der Waals surface area contributed by atoms with Gasteiger partial charge in [0.2, 0.25) is 23.6 Å². The Morgan fingerprint density at radius 2 is 1.29 bits per heavy atom. The van der Waals surface area contributed by atoms with E-state index >= 15 is 0 Å². The minimum atomic E-state index is -4.20. The van der Waals surface area contributed by atoms with Crippen LogP contribution in [0, 0.1) is 13.8 Å². The van der Waals surface area contributed by atoms with E-state index in [-0.39, 0.29) is 23.1 Å². The zero-order valence-electron chi connectivity index (χ0n) is 16.5. The predicted molar refractivity (Wildman–Crippen MR) is 110 cm³/mol. The van der Waals surface area contributed by atoms with Crippen molar-refractivity contribution in [3.05, 3.63) is 47.8 Å². The Bertz CT molecular complexity index is 1160. The summed E-state index contributed by atoms with van der Waals surface area (Å²) in [5, 5.41) is 12.2. The van der Waals surface area contributed by atoms with Crippen LogP contribution < -0.4 is 19.2 Å². The van der Waals surface area contributed by atoms with Crippen LogP contribution in [0.2, 0.25) is 0 Å². The number of para-hydroxylation sites is 2. The molecule has 12 nitrogen and oxygen atoms in total. The largest absolute Gasteiger partial charge is 0.338 e. The molecule has 3 aromatic rings. The Morgan fingerprint density at radius 1 is 0.871 bits per heavy atom. The van der Waals surface area contributed by atoms with Crippen LogP contribution in [-0.2, 0) is 19.8 Å². The number of hydrogen-bond acceptors (Lipinski definition) is 8. The maximum atomic E-state index is 13.2. The average Bonchev–Trinajstić information content (AvgIpc) is 3.36. The van der Waals surface area contributed by atoms with Crippen molar-refractivity contribution in [3.8, 4) is 0 Å². The highest BCUT2D eigenvalue weighted by atomic mass is 32.2. The van der Waals surface area contributed by atoms with Gasteiger partial charge in [-0.2, -0.15) is 8.42 Å². The molecule has 0 aliphatic carbocycles. The van der Waals surface area contributed by atoms with Gasteiger partial charge in [0.05, 0.1) is 22.8 Å². The number of aromatic nitrogens is 2. The second-order valence-electron chi connectivity index (χ2n) is 6.77. The zero-order valence-corrected chi connectivity index (χ0v) is 17.3. The maximum Gasteiger partial charge on any atom is 0.327 e. The Labute approximate surface area is 176 Å². The molecule has 31 heavy (non-hydrogen) atoms. The first-order chi connectivity index (χ1) is 14.7. The van der Waals surface area contributed by atoms with Crippen LogP contribution in [0.3, 0.4) is 0 Å². The van der Waals surface area contributed by atoms with E-state index in [1.165, 1.54) is 12.1 Å². The van der Waals surface area contributed by atoms with Crippen LogP contribution in [0.5, 0.6) is 0 Å². The van der Waals surface area contributed by atoms with Crippen LogP contribution in [0.4, 0.5) is 23.1 Å². The minimum Gasteiger partial charge on any atom is -0.338 e. The number of anilines is 4. The first kappa shape index (κ1) is 20.4. The van der Waals surface area contributed by atoms with E-state index in [4.69, 9.17) is 9.05 Å². The summed E-state index contributed by atoms with van der Waals surface area (Å²) in [6.07, 6.45) is 0. The standard InChI is InChI=1S/C18H18N6O6S/c1-11-7-17(29-21-11)19-15(25)9-23-13-5-3-4-6-14(13)24(31(23,27)28)10-16(26)20-18-8-12(2)22-30-18/h3-8H,9-10H2,1-2H3,(H,19,25)(H,20,26). The van der Waals surface area contributed by atoms with Crippen molar-refractivity contribution in [1.82, 2.24) is 10.3 Å². The number of fused-ring (bicyclic) bond motifs is 1. The van der Waals surface area contributed by atoms with E-state index < -0.39 is 35.1 Å². The fourth-order valence-electron chi connectivity index (χ4n) is 3.05. The van der Waals surface area contributed by atoms with Gasteiger partial charge in [-0.05, 0) is 26.0 Å². The number of nitrogens with one attached hydrogen (secondary N) is 2. The van der Waals surface area contributed by atoms with E-state index in [1.54, 1.807) is 38.1 Å². The van der Waals surface area contributed by atoms with E-state index in [0.717, 1.165) is 8.61 Å². The minimum absolute atomic E-state index is 0.103. The molecular formula is C18H18N6O6S. The van der Waals surface area contributed by atoms with Crippen LogP contribution in [0.1, 0.15) is 11.4 Å². The Morgan fingerprint density at radius 3 is 1.65 bits per heavy atom. The molecular weight excluding hydrogens is 428 g/mol. The molecule has 0 radical (unpaired) electrons. The SMILES string of the molecule is Cc1cc(NC(=O)CN2c3ccccc3N(CC(=O)Nc3cc(C)no3)S2(=O)=O)on1.